The molecule has 1 aliphatic heterocycles. The molecule has 1 unspecified atom stereocenters. The summed E-state index contributed by atoms with van der Waals surface area (Å²) in [6, 6.07) is 16.6. The molecule has 3 aromatic rings. The number of para-hydroxylation sites is 1. The van der Waals surface area contributed by atoms with Crippen LogP contribution in [0.3, 0.4) is 0 Å². The molecular weight excluding hydrogens is 494 g/mol. The molecule has 1 atom stereocenters. The first-order valence-electron chi connectivity index (χ1n) is 12.6. The van der Waals surface area contributed by atoms with E-state index in [1.54, 1.807) is 34.6 Å². The third-order valence-corrected chi connectivity index (χ3v) is 6.96. The van der Waals surface area contributed by atoms with E-state index in [9.17, 15) is 18.4 Å². The molecule has 1 fully saturated rings. The number of fused-ring (bicyclic) bond motifs is 1. The molecule has 1 aliphatic rings. The largest absolute Gasteiger partial charge is 0.486 e. The monoisotopic (exact) mass is 526 g/mol. The lowest BCUT2D eigenvalue weighted by Crippen LogP contribution is -2.57. The topological polar surface area (TPSA) is 104 Å². The number of hydrogen-bond acceptors (Lipinski definition) is 6. The van der Waals surface area contributed by atoms with Crippen LogP contribution in [-0.2, 0) is 4.79 Å². The zero-order chi connectivity index (χ0) is 27.3. The second-order valence-electron chi connectivity index (χ2n) is 9.79. The number of carbonyl (C=O) groups is 2. The normalized spacial score (nSPS) is 16.3. The summed E-state index contributed by atoms with van der Waals surface area (Å²) < 4.78 is 31.7. The maximum absolute atomic E-state index is 13.1. The molecule has 202 valence electrons. The van der Waals surface area contributed by atoms with Crippen LogP contribution in [0.5, 0.6) is 5.75 Å². The van der Waals surface area contributed by atoms with E-state index in [1.807, 2.05) is 44.2 Å². The zero-order valence-corrected chi connectivity index (χ0v) is 21.4. The van der Waals surface area contributed by atoms with Gasteiger partial charge in [-0.2, -0.15) is 0 Å². The highest BCUT2D eigenvalue weighted by molar-refractivity contribution is 5.95. The summed E-state index contributed by atoms with van der Waals surface area (Å²) in [4.78, 5) is 31.2. The SMILES string of the molecule is Cc1cc(C(C)Oc2ccc(C(=O)NC3(CC(=O)NO)CCN(CC(F)F)CC3)cc2)c2ccccc2n1. The highest BCUT2D eigenvalue weighted by Gasteiger charge is 2.38. The number of rotatable bonds is 9. The lowest BCUT2D eigenvalue weighted by molar-refractivity contribution is -0.131. The van der Waals surface area contributed by atoms with E-state index in [0.29, 0.717) is 37.2 Å². The molecule has 0 aliphatic carbocycles. The summed E-state index contributed by atoms with van der Waals surface area (Å²) in [5.41, 5.74) is 3.82. The Bertz CT molecular complexity index is 1280. The van der Waals surface area contributed by atoms with E-state index >= 15 is 0 Å². The molecule has 1 saturated heterocycles. The predicted molar refractivity (Wildman–Crippen MR) is 138 cm³/mol. The number of pyridine rings is 1. The van der Waals surface area contributed by atoms with Crippen molar-refractivity contribution in [3.8, 4) is 5.75 Å². The van der Waals surface area contributed by atoms with Crippen LogP contribution in [-0.4, -0.2) is 58.5 Å². The van der Waals surface area contributed by atoms with Gasteiger partial charge in [0.15, 0.2) is 0 Å². The second kappa shape index (κ2) is 11.8. The predicted octanol–water partition coefficient (Wildman–Crippen LogP) is 4.41. The number of nitrogens with zero attached hydrogens (tertiary/aromatic N) is 2. The van der Waals surface area contributed by atoms with Crippen LogP contribution in [0.15, 0.2) is 54.6 Å². The van der Waals surface area contributed by atoms with Gasteiger partial charge in [0.05, 0.1) is 24.0 Å². The molecule has 3 N–H and O–H groups in total. The maximum Gasteiger partial charge on any atom is 0.251 e. The number of halogens is 2. The Balaban J connectivity index is 1.44. The Morgan fingerprint density at radius 2 is 1.82 bits per heavy atom. The molecule has 2 amide bonds. The minimum Gasteiger partial charge on any atom is -0.486 e. The van der Waals surface area contributed by atoms with Gasteiger partial charge in [0.1, 0.15) is 11.9 Å². The van der Waals surface area contributed by atoms with E-state index in [0.717, 1.165) is 22.2 Å². The smallest absolute Gasteiger partial charge is 0.251 e. The van der Waals surface area contributed by atoms with Gasteiger partial charge < -0.3 is 10.1 Å². The van der Waals surface area contributed by atoms with Crippen molar-refractivity contribution in [3.63, 3.8) is 0 Å². The second-order valence-corrected chi connectivity index (χ2v) is 9.79. The average molecular weight is 527 g/mol. The number of aryl methyl sites for hydroxylation is 1. The van der Waals surface area contributed by atoms with Crippen molar-refractivity contribution >= 4 is 22.7 Å². The molecule has 0 spiro atoms. The third-order valence-electron chi connectivity index (χ3n) is 6.96. The molecule has 2 aromatic carbocycles. The molecule has 2 heterocycles. The number of benzene rings is 2. The molecule has 4 rings (SSSR count). The summed E-state index contributed by atoms with van der Waals surface area (Å²) in [5, 5.41) is 13.0. The van der Waals surface area contributed by atoms with Gasteiger partial charge >= 0.3 is 0 Å². The molecule has 0 radical (unpaired) electrons. The van der Waals surface area contributed by atoms with E-state index in [-0.39, 0.29) is 19.1 Å². The van der Waals surface area contributed by atoms with Crippen molar-refractivity contribution in [1.82, 2.24) is 20.7 Å². The summed E-state index contributed by atoms with van der Waals surface area (Å²) in [5.74, 6) is -0.458. The van der Waals surface area contributed by atoms with Crippen molar-refractivity contribution in [3.05, 3.63) is 71.4 Å². The van der Waals surface area contributed by atoms with E-state index in [1.165, 1.54) is 0 Å². The van der Waals surface area contributed by atoms with Crippen molar-refractivity contribution < 1.29 is 28.3 Å². The number of amides is 2. The number of aromatic nitrogens is 1. The number of ether oxygens (including phenoxy) is 1. The molecule has 1 aromatic heterocycles. The van der Waals surface area contributed by atoms with E-state index in [2.05, 4.69) is 10.3 Å². The summed E-state index contributed by atoms with van der Waals surface area (Å²) in [6.45, 7) is 4.15. The van der Waals surface area contributed by atoms with Crippen LogP contribution >= 0.6 is 0 Å². The van der Waals surface area contributed by atoms with Crippen molar-refractivity contribution in [2.75, 3.05) is 19.6 Å². The number of nitrogens with one attached hydrogen (secondary N) is 2. The summed E-state index contributed by atoms with van der Waals surface area (Å²) in [7, 11) is 0. The van der Waals surface area contributed by atoms with Gasteiger partial charge in [-0.3, -0.25) is 24.7 Å². The van der Waals surface area contributed by atoms with E-state index < -0.39 is 23.8 Å². The first kappa shape index (κ1) is 27.4. The molecule has 10 heteroatoms. The highest BCUT2D eigenvalue weighted by Crippen LogP contribution is 2.30. The van der Waals surface area contributed by atoms with Crippen LogP contribution < -0.4 is 15.5 Å². The van der Waals surface area contributed by atoms with Crippen molar-refractivity contribution in [2.24, 2.45) is 0 Å². The van der Waals surface area contributed by atoms with Crippen LogP contribution in [0.1, 0.15) is 53.9 Å². The van der Waals surface area contributed by atoms with Gasteiger partial charge in [0.2, 0.25) is 5.91 Å². The Morgan fingerprint density at radius 1 is 1.13 bits per heavy atom. The van der Waals surface area contributed by atoms with Crippen LogP contribution in [0, 0.1) is 6.92 Å². The number of carbonyl (C=O) groups excluding carboxylic acids is 2. The van der Waals surface area contributed by atoms with Gasteiger partial charge in [-0.25, -0.2) is 14.3 Å². The Kier molecular flexibility index (Phi) is 8.53. The molecule has 38 heavy (non-hydrogen) atoms. The zero-order valence-electron chi connectivity index (χ0n) is 21.4. The lowest BCUT2D eigenvalue weighted by atomic mass is 9.83. The van der Waals surface area contributed by atoms with Crippen LogP contribution in [0.4, 0.5) is 8.78 Å². The number of likely N-dealkylation sites (tertiary alicyclic amines) is 1. The molecule has 8 nitrogen and oxygen atoms in total. The van der Waals surface area contributed by atoms with Gasteiger partial charge in [0.25, 0.3) is 12.3 Å². The summed E-state index contributed by atoms with van der Waals surface area (Å²) >= 11 is 0. The van der Waals surface area contributed by atoms with Crippen LogP contribution in [0.2, 0.25) is 0 Å². The summed E-state index contributed by atoms with van der Waals surface area (Å²) in [6.07, 6.45) is -2.27. The van der Waals surface area contributed by atoms with Crippen molar-refractivity contribution in [2.45, 2.75) is 51.2 Å². The Hall–Kier alpha value is -3.63. The Morgan fingerprint density at radius 3 is 2.47 bits per heavy atom. The lowest BCUT2D eigenvalue weighted by Gasteiger charge is -2.42. The van der Waals surface area contributed by atoms with Crippen molar-refractivity contribution in [1.29, 1.82) is 0 Å². The maximum atomic E-state index is 13.1. The minimum absolute atomic E-state index is 0.157. The van der Waals surface area contributed by atoms with Gasteiger partial charge in [-0.1, -0.05) is 18.2 Å². The number of hydroxylamine groups is 1. The molecule has 0 saturated carbocycles. The van der Waals surface area contributed by atoms with Gasteiger partial charge in [-0.05, 0) is 63.1 Å². The first-order chi connectivity index (χ1) is 18.2. The number of alkyl halides is 2. The van der Waals surface area contributed by atoms with Gasteiger partial charge in [0, 0.05) is 35.3 Å². The van der Waals surface area contributed by atoms with Crippen LogP contribution in [0.25, 0.3) is 10.9 Å². The number of hydrogen-bond donors (Lipinski definition) is 3. The number of piperidine rings is 1. The first-order valence-corrected chi connectivity index (χ1v) is 12.6. The Labute approximate surface area is 220 Å². The fourth-order valence-corrected chi connectivity index (χ4v) is 4.99. The van der Waals surface area contributed by atoms with E-state index in [4.69, 9.17) is 9.94 Å². The quantitative estimate of drug-likeness (QED) is 0.282. The molecule has 0 bridgehead atoms. The fraction of sp³-hybridized carbons (Fsp3) is 0.393. The minimum atomic E-state index is -2.46. The molecular formula is C28H32F2N4O4. The standard InChI is InChI=1S/C28H32F2N4O4/c1-18-15-23(22-5-3-4-6-24(22)31-18)19(2)38-21-9-7-20(8-10-21)27(36)32-28(16-26(35)33-37)11-13-34(14-12-28)17-25(29)30/h3-10,15,19,25,37H,11-14,16-17H2,1-2H3,(H,32,36)(H,33,35). The average Bonchev–Trinajstić information content (AvgIpc) is 2.89. The fourth-order valence-electron chi connectivity index (χ4n) is 4.99. The van der Waals surface area contributed by atoms with Gasteiger partial charge in [-0.15, -0.1) is 0 Å². The third kappa shape index (κ3) is 6.62. The highest BCUT2D eigenvalue weighted by atomic mass is 19.3.